The minimum Gasteiger partial charge on any atom is -0.508 e. The van der Waals surface area contributed by atoms with Gasteiger partial charge in [0.2, 0.25) is 5.82 Å². The van der Waals surface area contributed by atoms with Crippen LogP contribution >= 0.6 is 0 Å². The minimum absolute atomic E-state index is 0.0544. The number of aromatic hydroxyl groups is 2. The maximum atomic E-state index is 12.9. The van der Waals surface area contributed by atoms with E-state index in [1.54, 1.807) is 6.07 Å². The highest BCUT2D eigenvalue weighted by atomic mass is 16.3. The molecule has 1 aliphatic carbocycles. The number of benzene rings is 1. The number of carbonyl (C=O) groups excluding carboxylic acids is 1. The third kappa shape index (κ3) is 5.54. The van der Waals surface area contributed by atoms with Crippen LogP contribution in [0.3, 0.4) is 0 Å². The van der Waals surface area contributed by atoms with Gasteiger partial charge in [0.15, 0.2) is 5.82 Å². The zero-order valence-electron chi connectivity index (χ0n) is 21.3. The summed E-state index contributed by atoms with van der Waals surface area (Å²) < 4.78 is 1.92. The van der Waals surface area contributed by atoms with Gasteiger partial charge in [0.25, 0.3) is 5.91 Å². The fourth-order valence-electron chi connectivity index (χ4n) is 5.18. The quantitative estimate of drug-likeness (QED) is 0.458. The summed E-state index contributed by atoms with van der Waals surface area (Å²) in [7, 11) is 0. The van der Waals surface area contributed by atoms with E-state index in [0.717, 1.165) is 57.2 Å². The molecule has 8 nitrogen and oxygen atoms in total. The van der Waals surface area contributed by atoms with Crippen LogP contribution in [0.5, 0.6) is 11.5 Å². The van der Waals surface area contributed by atoms with Gasteiger partial charge in [-0.05, 0) is 76.1 Å². The van der Waals surface area contributed by atoms with Crippen LogP contribution in [0.25, 0.3) is 11.4 Å². The standard InChI is InChI=1S/C26H41N5O3/c1-6-13-30(14-7-2)18-9-11-19(12-10-18)31-24(28-29-25(31)26(34)27-8-3)21-15-20(17(4)5)22(32)16-23(21)33/h15-19,32-33H,6-14H2,1-5H3,(H,27,34). The summed E-state index contributed by atoms with van der Waals surface area (Å²) in [5, 5.41) is 32.5. The summed E-state index contributed by atoms with van der Waals surface area (Å²) >= 11 is 0. The van der Waals surface area contributed by atoms with Gasteiger partial charge in [-0.1, -0.05) is 27.7 Å². The van der Waals surface area contributed by atoms with Crippen LogP contribution in [0.2, 0.25) is 0 Å². The number of hydrogen-bond acceptors (Lipinski definition) is 6. The first-order valence-electron chi connectivity index (χ1n) is 12.9. The number of phenolic OH excluding ortho intramolecular Hbond substituents is 2. The smallest absolute Gasteiger partial charge is 0.289 e. The first-order chi connectivity index (χ1) is 16.3. The van der Waals surface area contributed by atoms with Crippen LogP contribution in [-0.2, 0) is 0 Å². The number of carbonyl (C=O) groups is 1. The lowest BCUT2D eigenvalue weighted by atomic mass is 9.89. The average molecular weight is 472 g/mol. The predicted octanol–water partition coefficient (Wildman–Crippen LogP) is 4.84. The molecule has 1 aromatic heterocycles. The van der Waals surface area contributed by atoms with Crippen molar-refractivity contribution in [1.82, 2.24) is 25.0 Å². The summed E-state index contributed by atoms with van der Waals surface area (Å²) in [4.78, 5) is 15.5. The summed E-state index contributed by atoms with van der Waals surface area (Å²) in [6.07, 6.45) is 6.24. The van der Waals surface area contributed by atoms with Crippen molar-refractivity contribution < 1.29 is 15.0 Å². The van der Waals surface area contributed by atoms with E-state index in [1.807, 2.05) is 25.3 Å². The molecule has 0 aliphatic heterocycles. The van der Waals surface area contributed by atoms with Gasteiger partial charge in [-0.15, -0.1) is 10.2 Å². The maximum absolute atomic E-state index is 12.9. The van der Waals surface area contributed by atoms with Crippen LogP contribution in [0.15, 0.2) is 12.1 Å². The van der Waals surface area contributed by atoms with Gasteiger partial charge in [-0.2, -0.15) is 0 Å². The van der Waals surface area contributed by atoms with Crippen molar-refractivity contribution in [2.24, 2.45) is 0 Å². The number of nitrogens with zero attached hydrogens (tertiary/aromatic N) is 4. The molecule has 1 heterocycles. The van der Waals surface area contributed by atoms with Crippen molar-refractivity contribution >= 4 is 5.91 Å². The molecule has 34 heavy (non-hydrogen) atoms. The molecular formula is C26H41N5O3. The fourth-order valence-corrected chi connectivity index (χ4v) is 5.18. The van der Waals surface area contributed by atoms with Crippen LogP contribution in [0, 0.1) is 0 Å². The molecule has 2 aromatic rings. The Morgan fingerprint density at radius 2 is 1.71 bits per heavy atom. The number of nitrogens with one attached hydrogen (secondary N) is 1. The first kappa shape index (κ1) is 26.0. The highest BCUT2D eigenvalue weighted by Gasteiger charge is 2.32. The molecule has 1 aromatic carbocycles. The largest absolute Gasteiger partial charge is 0.508 e. The van der Waals surface area contributed by atoms with E-state index in [2.05, 4.69) is 34.3 Å². The number of rotatable bonds is 10. The summed E-state index contributed by atoms with van der Waals surface area (Å²) in [5.41, 5.74) is 1.21. The molecule has 188 valence electrons. The van der Waals surface area contributed by atoms with Crippen LogP contribution in [0.4, 0.5) is 0 Å². The molecule has 0 atom stereocenters. The van der Waals surface area contributed by atoms with Crippen LogP contribution < -0.4 is 5.32 Å². The molecule has 1 aliphatic rings. The molecule has 0 unspecified atom stereocenters. The Kier molecular flexibility index (Phi) is 8.94. The van der Waals surface area contributed by atoms with Gasteiger partial charge >= 0.3 is 0 Å². The molecule has 1 amide bonds. The fraction of sp³-hybridized carbons (Fsp3) is 0.654. The van der Waals surface area contributed by atoms with Crippen molar-refractivity contribution in [1.29, 1.82) is 0 Å². The maximum Gasteiger partial charge on any atom is 0.289 e. The number of amides is 1. The Balaban J connectivity index is 1.98. The molecule has 0 bridgehead atoms. The Morgan fingerprint density at radius 1 is 1.06 bits per heavy atom. The molecule has 8 heteroatoms. The van der Waals surface area contributed by atoms with Gasteiger partial charge in [-0.25, -0.2) is 0 Å². The third-order valence-corrected chi connectivity index (χ3v) is 6.81. The van der Waals surface area contributed by atoms with E-state index in [0.29, 0.717) is 24.0 Å². The summed E-state index contributed by atoms with van der Waals surface area (Å²) in [5.74, 6) is 0.546. The second kappa shape index (κ2) is 11.7. The molecule has 3 rings (SSSR count). The van der Waals surface area contributed by atoms with Gasteiger partial charge in [0.05, 0.1) is 5.56 Å². The molecule has 3 N–H and O–H groups in total. The lowest BCUT2D eigenvalue weighted by Gasteiger charge is -2.37. The molecule has 0 saturated heterocycles. The molecule has 1 saturated carbocycles. The lowest BCUT2D eigenvalue weighted by molar-refractivity contribution is 0.0931. The first-order valence-corrected chi connectivity index (χ1v) is 12.9. The highest BCUT2D eigenvalue weighted by molar-refractivity contribution is 5.91. The van der Waals surface area contributed by atoms with Crippen molar-refractivity contribution in [2.75, 3.05) is 19.6 Å². The van der Waals surface area contributed by atoms with Gasteiger partial charge < -0.3 is 20.4 Å². The van der Waals surface area contributed by atoms with E-state index in [4.69, 9.17) is 0 Å². The van der Waals surface area contributed by atoms with Gasteiger partial charge in [0, 0.05) is 24.7 Å². The Labute approximate surface area is 203 Å². The van der Waals surface area contributed by atoms with Gasteiger partial charge in [0.1, 0.15) is 11.5 Å². The summed E-state index contributed by atoms with van der Waals surface area (Å²) in [6, 6.07) is 3.76. The normalized spacial score (nSPS) is 18.6. The number of phenols is 2. The Bertz CT molecular complexity index is 958. The van der Waals surface area contributed by atoms with Crippen LogP contribution in [-0.4, -0.2) is 61.5 Å². The van der Waals surface area contributed by atoms with E-state index < -0.39 is 0 Å². The van der Waals surface area contributed by atoms with E-state index in [9.17, 15) is 15.0 Å². The van der Waals surface area contributed by atoms with E-state index >= 15 is 0 Å². The molecule has 1 fully saturated rings. The number of aromatic nitrogens is 3. The lowest BCUT2D eigenvalue weighted by Crippen LogP contribution is -2.40. The summed E-state index contributed by atoms with van der Waals surface area (Å²) in [6.45, 7) is 13.0. The Hall–Kier alpha value is -2.61. The van der Waals surface area contributed by atoms with Gasteiger partial charge in [-0.3, -0.25) is 9.36 Å². The third-order valence-electron chi connectivity index (χ3n) is 6.81. The monoisotopic (exact) mass is 471 g/mol. The van der Waals surface area contributed by atoms with Crippen LogP contribution in [0.1, 0.15) is 101 Å². The van der Waals surface area contributed by atoms with E-state index in [1.165, 1.54) is 6.07 Å². The second-order valence-corrected chi connectivity index (χ2v) is 9.66. The predicted molar refractivity (Wildman–Crippen MR) is 134 cm³/mol. The SMILES string of the molecule is CCCN(CCC)C1CCC(n2c(C(=O)NCC)nnc2-c2cc(C(C)C)c(O)cc2O)CC1. The van der Waals surface area contributed by atoms with Crippen molar-refractivity contribution in [3.63, 3.8) is 0 Å². The highest BCUT2D eigenvalue weighted by Crippen LogP contribution is 2.40. The molecule has 0 spiro atoms. The Morgan fingerprint density at radius 3 is 2.26 bits per heavy atom. The molecular weight excluding hydrogens is 430 g/mol. The second-order valence-electron chi connectivity index (χ2n) is 9.66. The number of hydrogen-bond donors (Lipinski definition) is 3. The van der Waals surface area contributed by atoms with E-state index in [-0.39, 0.29) is 35.2 Å². The van der Waals surface area contributed by atoms with Crippen molar-refractivity contribution in [3.05, 3.63) is 23.5 Å². The zero-order valence-corrected chi connectivity index (χ0v) is 21.3. The van der Waals surface area contributed by atoms with Crippen molar-refractivity contribution in [3.8, 4) is 22.9 Å². The minimum atomic E-state index is -0.260. The zero-order chi connectivity index (χ0) is 24.8. The molecule has 0 radical (unpaired) electrons. The van der Waals surface area contributed by atoms with Crippen molar-refractivity contribution in [2.45, 2.75) is 91.1 Å². The topological polar surface area (TPSA) is 104 Å². The average Bonchev–Trinajstić information content (AvgIpc) is 3.24.